The van der Waals surface area contributed by atoms with Gasteiger partial charge in [0, 0.05) is 78.8 Å². The molecule has 0 radical (unpaired) electrons. The van der Waals surface area contributed by atoms with Crippen molar-refractivity contribution in [2.24, 2.45) is 5.73 Å². The number of carbonyl (C=O) groups excluding carboxylic acids is 1. The van der Waals surface area contributed by atoms with Crippen molar-refractivity contribution < 1.29 is 51.3 Å². The normalized spacial score (nSPS) is 10.8. The lowest BCUT2D eigenvalue weighted by Crippen LogP contribution is -2.12. The Bertz CT molecular complexity index is 3000. The van der Waals surface area contributed by atoms with Crippen molar-refractivity contribution in [1.82, 2.24) is 13.7 Å². The maximum absolute atomic E-state index is 11.3. The first kappa shape index (κ1) is 58.3. The number of aromatic nitrogens is 3. The molecule has 0 fully saturated rings. The van der Waals surface area contributed by atoms with Crippen molar-refractivity contribution >= 4 is 64.9 Å². The standard InChI is InChI=1S/C16H20N2O4S.C16H18N2O3.C15H18N2O2.CH3ClO2S.CH4/c1-11-10-13(17-23(3,21)22)5-8-15(11)18-12(2)4-6-14(18)7-9-16(19)20;1-10-9-12(16(17)21)4-7-14(10)18-11(2)3-5-13(18)6-8-15(19)20;1-10-9-12(16)4-7-14(10)17-11(2)3-5-13(17)6-8-15(18)19;1-5(2,3)4;/h4-6,8,10,17H,7,9H2,1-3H3,(H,19,20);3-5,7,9H,6,8H2,1-2H3,(H2,17,21)(H,19,20);3-5,7,9H,6,8,16H2,1-2H3,(H,18,19);1H3;1H4. The van der Waals surface area contributed by atoms with E-state index in [4.69, 9.17) is 26.8 Å². The fraction of sp³-hybridized carbons (Fsp3) is 0.306. The van der Waals surface area contributed by atoms with E-state index in [2.05, 4.69) is 20.0 Å². The van der Waals surface area contributed by atoms with Gasteiger partial charge in [-0.2, -0.15) is 0 Å². The van der Waals surface area contributed by atoms with Crippen LogP contribution in [-0.4, -0.2) is 82.2 Å². The molecule has 69 heavy (non-hydrogen) atoms. The minimum atomic E-state index is -3.32. The molecule has 8 N–H and O–H groups in total. The van der Waals surface area contributed by atoms with Gasteiger partial charge in [0.15, 0.2) is 0 Å². The summed E-state index contributed by atoms with van der Waals surface area (Å²) in [6, 6.07) is 28.1. The van der Waals surface area contributed by atoms with E-state index in [9.17, 15) is 36.0 Å². The second-order valence-electron chi connectivity index (χ2n) is 16.1. The first-order valence-corrected chi connectivity index (χ1v) is 25.6. The molecule has 6 aromatic rings. The van der Waals surface area contributed by atoms with Crippen LogP contribution in [0.25, 0.3) is 17.1 Å². The van der Waals surface area contributed by atoms with Crippen molar-refractivity contribution in [3.63, 3.8) is 0 Å². The lowest BCUT2D eigenvalue weighted by atomic mass is 10.1. The molecule has 0 aliphatic heterocycles. The van der Waals surface area contributed by atoms with Gasteiger partial charge in [-0.25, -0.2) is 16.8 Å². The Hall–Kier alpha value is -6.83. The minimum Gasteiger partial charge on any atom is -0.481 e. The minimum absolute atomic E-state index is 0. The van der Waals surface area contributed by atoms with Gasteiger partial charge >= 0.3 is 17.9 Å². The van der Waals surface area contributed by atoms with Crippen LogP contribution in [0.5, 0.6) is 0 Å². The molecule has 1 amide bonds. The van der Waals surface area contributed by atoms with Crippen molar-refractivity contribution in [3.05, 3.63) is 147 Å². The molecule has 0 aliphatic rings. The molecule has 0 aliphatic carbocycles. The van der Waals surface area contributed by atoms with Gasteiger partial charge < -0.3 is 40.5 Å². The molecule has 0 spiro atoms. The number of primary amides is 1. The number of aliphatic carboxylic acids is 3. The molecule has 0 atom stereocenters. The zero-order chi connectivity index (χ0) is 51.3. The summed E-state index contributed by atoms with van der Waals surface area (Å²) < 4.78 is 50.0. The average Bonchev–Trinajstić information content (AvgIpc) is 3.89. The summed E-state index contributed by atoms with van der Waals surface area (Å²) in [7, 11) is -2.01. The van der Waals surface area contributed by atoms with Crippen molar-refractivity contribution in [2.45, 2.75) is 87.5 Å². The number of halogens is 1. The number of carbonyl (C=O) groups is 4. The van der Waals surface area contributed by atoms with Crippen LogP contribution >= 0.6 is 10.7 Å². The number of hydrogen-bond donors (Lipinski definition) is 6. The molecule has 0 saturated heterocycles. The fourth-order valence-electron chi connectivity index (χ4n) is 7.27. The van der Waals surface area contributed by atoms with Gasteiger partial charge in [-0.3, -0.25) is 23.9 Å². The summed E-state index contributed by atoms with van der Waals surface area (Å²) in [5.41, 5.74) is 24.5. The SMILES string of the molecule is C.CS(=O)(=O)Cl.Cc1cc(C(N)=O)ccc1-n1c(C)ccc1CCC(=O)O.Cc1cc(N)ccc1-n1c(C)ccc1CCC(=O)O.Cc1cc(NS(C)(=O)=O)ccc1-n1c(C)ccc1CCC(=O)O. The molecule has 0 bridgehead atoms. The first-order valence-electron chi connectivity index (χ1n) is 21.0. The molecule has 3 heterocycles. The fourth-order valence-corrected chi connectivity index (χ4v) is 7.83. The highest BCUT2D eigenvalue weighted by molar-refractivity contribution is 8.13. The number of nitrogens with two attached hydrogens (primary N) is 2. The Kier molecular flexibility index (Phi) is 21.6. The molecule has 20 heteroatoms. The van der Waals surface area contributed by atoms with Crippen molar-refractivity contribution in [1.29, 1.82) is 0 Å². The summed E-state index contributed by atoms with van der Waals surface area (Å²) in [4.78, 5) is 43.5. The third-order valence-corrected chi connectivity index (χ3v) is 10.8. The zero-order valence-corrected chi connectivity index (χ0v) is 41.6. The summed E-state index contributed by atoms with van der Waals surface area (Å²) in [5, 5.41) is 26.5. The van der Waals surface area contributed by atoms with Gasteiger partial charge in [-0.1, -0.05) is 7.43 Å². The Morgan fingerprint density at radius 3 is 1.19 bits per heavy atom. The molecule has 6 rings (SSSR count). The molecule has 374 valence electrons. The van der Waals surface area contributed by atoms with Gasteiger partial charge in [-0.15, -0.1) is 0 Å². The molecule has 3 aromatic carbocycles. The summed E-state index contributed by atoms with van der Waals surface area (Å²) in [6.45, 7) is 11.7. The van der Waals surface area contributed by atoms with Crippen LogP contribution in [-0.2, 0) is 52.7 Å². The van der Waals surface area contributed by atoms with Gasteiger partial charge in [0.05, 0.1) is 31.8 Å². The van der Waals surface area contributed by atoms with Gasteiger partial charge in [-0.05, 0) is 168 Å². The number of hydrogen-bond acceptors (Lipinski definition) is 9. The maximum atomic E-state index is 11.3. The molecular weight excluding hydrogens is 948 g/mol. The number of nitrogen functional groups attached to an aromatic ring is 1. The number of carboxylic acids is 3. The number of benzene rings is 3. The first-order chi connectivity index (χ1) is 31.6. The molecule has 0 saturated carbocycles. The van der Waals surface area contributed by atoms with E-state index in [1.807, 2.05) is 117 Å². The maximum Gasteiger partial charge on any atom is 0.303 e. The van der Waals surface area contributed by atoms with E-state index in [-0.39, 0.29) is 26.7 Å². The summed E-state index contributed by atoms with van der Waals surface area (Å²) in [5.74, 6) is -2.89. The topological polar surface area (TPSA) is 276 Å². The lowest BCUT2D eigenvalue weighted by molar-refractivity contribution is -0.138. The second kappa shape index (κ2) is 25.5. The van der Waals surface area contributed by atoms with E-state index in [1.165, 1.54) is 0 Å². The third kappa shape index (κ3) is 18.6. The monoisotopic (exact) mass is 1010 g/mol. The average molecular weight is 1010 g/mol. The third-order valence-electron chi connectivity index (χ3n) is 10.2. The molecular formula is C49H63ClN6O11S2. The van der Waals surface area contributed by atoms with Gasteiger partial charge in [0.1, 0.15) is 0 Å². The largest absolute Gasteiger partial charge is 0.481 e. The van der Waals surface area contributed by atoms with Crippen molar-refractivity contribution in [3.8, 4) is 17.1 Å². The van der Waals surface area contributed by atoms with Crippen LogP contribution < -0.4 is 16.2 Å². The predicted molar refractivity (Wildman–Crippen MR) is 272 cm³/mol. The van der Waals surface area contributed by atoms with Crippen LogP contribution in [0, 0.1) is 41.5 Å². The van der Waals surface area contributed by atoms with Gasteiger partial charge in [0.25, 0.3) is 0 Å². The molecule has 0 unspecified atom stereocenters. The summed E-state index contributed by atoms with van der Waals surface area (Å²) in [6.07, 6.45) is 3.74. The van der Waals surface area contributed by atoms with E-state index >= 15 is 0 Å². The van der Waals surface area contributed by atoms with E-state index in [1.54, 1.807) is 24.3 Å². The van der Waals surface area contributed by atoms with Crippen LogP contribution in [0.1, 0.15) is 87.9 Å². The number of rotatable bonds is 15. The zero-order valence-electron chi connectivity index (χ0n) is 39.2. The summed E-state index contributed by atoms with van der Waals surface area (Å²) >= 11 is 0. The highest BCUT2D eigenvalue weighted by atomic mass is 35.7. The lowest BCUT2D eigenvalue weighted by Gasteiger charge is -2.15. The molecule has 3 aromatic heterocycles. The van der Waals surface area contributed by atoms with E-state index in [0.29, 0.717) is 30.5 Å². The number of anilines is 2. The predicted octanol–water partition coefficient (Wildman–Crippen LogP) is 8.21. The van der Waals surface area contributed by atoms with Crippen LogP contribution in [0.2, 0.25) is 0 Å². The van der Waals surface area contributed by atoms with E-state index < -0.39 is 42.9 Å². The number of amides is 1. The number of sulfonamides is 1. The van der Waals surface area contributed by atoms with Gasteiger partial charge in [0.2, 0.25) is 25.0 Å². The Labute approximate surface area is 408 Å². The van der Waals surface area contributed by atoms with Crippen LogP contribution in [0.15, 0.2) is 91.0 Å². The Balaban J connectivity index is 0.000000337. The Morgan fingerprint density at radius 1 is 0.551 bits per heavy atom. The highest BCUT2D eigenvalue weighted by Crippen LogP contribution is 2.26. The highest BCUT2D eigenvalue weighted by Gasteiger charge is 2.15. The Morgan fingerprint density at radius 2 is 0.884 bits per heavy atom. The quantitative estimate of drug-likeness (QED) is 0.0419. The number of nitrogens with one attached hydrogen (secondary N) is 1. The van der Waals surface area contributed by atoms with Crippen LogP contribution in [0.3, 0.4) is 0 Å². The smallest absolute Gasteiger partial charge is 0.303 e. The number of carboxylic acid groups (broad SMARTS) is 3. The van der Waals surface area contributed by atoms with E-state index in [0.717, 1.165) is 86.1 Å². The van der Waals surface area contributed by atoms with Crippen LogP contribution in [0.4, 0.5) is 11.4 Å². The van der Waals surface area contributed by atoms with Crippen molar-refractivity contribution in [2.75, 3.05) is 23.0 Å². The molecule has 17 nitrogen and oxygen atoms in total. The number of aryl methyl sites for hydroxylation is 9. The second-order valence-corrected chi connectivity index (χ2v) is 20.8. The number of nitrogens with zero attached hydrogens (tertiary/aromatic N) is 3.